The number of rotatable bonds is 8. The summed E-state index contributed by atoms with van der Waals surface area (Å²) < 4.78 is 11.2. The van der Waals surface area contributed by atoms with Crippen LogP contribution in [0.5, 0.6) is 5.75 Å². The summed E-state index contributed by atoms with van der Waals surface area (Å²) >= 11 is 0. The van der Waals surface area contributed by atoms with Crippen molar-refractivity contribution in [3.8, 4) is 5.75 Å². The molecule has 1 atom stereocenters. The normalized spacial score (nSPS) is 20.7. The van der Waals surface area contributed by atoms with Gasteiger partial charge in [0.25, 0.3) is 0 Å². The van der Waals surface area contributed by atoms with Gasteiger partial charge >= 0.3 is 0 Å². The summed E-state index contributed by atoms with van der Waals surface area (Å²) in [5, 5.41) is 0. The van der Waals surface area contributed by atoms with Gasteiger partial charge in [-0.05, 0) is 63.5 Å². The van der Waals surface area contributed by atoms with E-state index in [9.17, 15) is 4.79 Å². The van der Waals surface area contributed by atoms with Crippen molar-refractivity contribution < 1.29 is 14.3 Å². The van der Waals surface area contributed by atoms with Crippen LogP contribution in [-0.4, -0.2) is 74.2 Å². The highest BCUT2D eigenvalue weighted by Crippen LogP contribution is 2.16. The predicted molar refractivity (Wildman–Crippen MR) is 103 cm³/mol. The Kier molecular flexibility index (Phi) is 7.47. The van der Waals surface area contributed by atoms with Gasteiger partial charge in [-0.1, -0.05) is 6.42 Å². The molecular weight excluding hydrogens is 328 g/mol. The van der Waals surface area contributed by atoms with E-state index in [0.29, 0.717) is 13.2 Å². The quantitative estimate of drug-likeness (QED) is 0.527. The average Bonchev–Trinajstić information content (AvgIpc) is 2.72. The molecule has 144 valence electrons. The minimum atomic E-state index is -0.102. The number of carbonyl (C=O) groups is 1. The summed E-state index contributed by atoms with van der Waals surface area (Å²) in [6, 6.07) is 7.51. The van der Waals surface area contributed by atoms with Gasteiger partial charge in [-0.2, -0.15) is 0 Å². The molecule has 5 heteroatoms. The Labute approximate surface area is 157 Å². The van der Waals surface area contributed by atoms with Crippen LogP contribution in [0.1, 0.15) is 43.0 Å². The molecule has 0 bridgehead atoms. The predicted octanol–water partition coefficient (Wildman–Crippen LogP) is 2.84. The molecule has 2 aliphatic heterocycles. The van der Waals surface area contributed by atoms with Crippen LogP contribution in [0, 0.1) is 0 Å². The summed E-state index contributed by atoms with van der Waals surface area (Å²) in [5.41, 5.74) is 0.754. The molecule has 26 heavy (non-hydrogen) atoms. The lowest BCUT2D eigenvalue weighted by molar-refractivity contribution is 0.0208. The van der Waals surface area contributed by atoms with Gasteiger partial charge in [0.2, 0.25) is 0 Å². The van der Waals surface area contributed by atoms with Crippen molar-refractivity contribution in [2.75, 3.05) is 52.5 Å². The van der Waals surface area contributed by atoms with Gasteiger partial charge in [-0.25, -0.2) is 0 Å². The molecule has 0 N–H and O–H groups in total. The minimum absolute atomic E-state index is 0.102. The zero-order valence-electron chi connectivity index (χ0n) is 16.0. The summed E-state index contributed by atoms with van der Waals surface area (Å²) in [4.78, 5) is 17.4. The van der Waals surface area contributed by atoms with Crippen LogP contribution < -0.4 is 4.74 Å². The molecule has 0 aliphatic carbocycles. The Morgan fingerprint density at radius 2 is 1.77 bits per heavy atom. The lowest BCUT2D eigenvalue weighted by atomic mass is 10.0. The Hall–Kier alpha value is -1.43. The smallest absolute Gasteiger partial charge is 0.179 e. The third-order valence-electron chi connectivity index (χ3n) is 5.45. The van der Waals surface area contributed by atoms with E-state index in [1.165, 1.54) is 32.4 Å². The fourth-order valence-electron chi connectivity index (χ4n) is 3.75. The highest BCUT2D eigenvalue weighted by Gasteiger charge is 2.24. The van der Waals surface area contributed by atoms with Crippen LogP contribution in [0.25, 0.3) is 0 Å². The number of hydrogen-bond acceptors (Lipinski definition) is 5. The minimum Gasteiger partial charge on any atom is -0.494 e. The summed E-state index contributed by atoms with van der Waals surface area (Å²) in [7, 11) is 0. The van der Waals surface area contributed by atoms with E-state index in [1.807, 2.05) is 31.2 Å². The number of carbonyl (C=O) groups excluding carboxylic acids is 1. The molecule has 0 spiro atoms. The summed E-state index contributed by atoms with van der Waals surface area (Å²) in [5.74, 6) is 1.02. The molecule has 5 nitrogen and oxygen atoms in total. The monoisotopic (exact) mass is 360 g/mol. The molecular formula is C21H32N2O3. The maximum Gasteiger partial charge on any atom is 0.179 e. The van der Waals surface area contributed by atoms with E-state index in [4.69, 9.17) is 9.47 Å². The first kappa shape index (κ1) is 19.3. The Balaban J connectivity index is 1.41. The Morgan fingerprint density at radius 3 is 2.46 bits per heavy atom. The van der Waals surface area contributed by atoms with E-state index in [0.717, 1.165) is 44.0 Å². The van der Waals surface area contributed by atoms with Gasteiger partial charge in [0.15, 0.2) is 5.78 Å². The fourth-order valence-corrected chi connectivity index (χ4v) is 3.75. The van der Waals surface area contributed by atoms with Crippen LogP contribution in [0.3, 0.4) is 0 Å². The molecule has 0 amide bonds. The van der Waals surface area contributed by atoms with Gasteiger partial charge < -0.3 is 14.4 Å². The number of benzene rings is 1. The molecule has 2 fully saturated rings. The van der Waals surface area contributed by atoms with Gasteiger partial charge in [0.05, 0.1) is 25.9 Å². The zero-order chi connectivity index (χ0) is 18.2. The maximum atomic E-state index is 12.7. The summed E-state index contributed by atoms with van der Waals surface area (Å²) in [6.45, 7) is 9.37. The number of Topliss-reactive ketones (excluding diaryl/α,β-unsaturated/α-hetero) is 1. The van der Waals surface area contributed by atoms with E-state index in [2.05, 4.69) is 9.80 Å². The van der Waals surface area contributed by atoms with Crippen molar-refractivity contribution in [3.05, 3.63) is 29.8 Å². The number of ether oxygens (including phenoxy) is 2. The van der Waals surface area contributed by atoms with Gasteiger partial charge in [0.1, 0.15) is 5.75 Å². The number of hydrogen-bond donors (Lipinski definition) is 0. The molecule has 0 saturated carbocycles. The molecule has 3 rings (SSSR count). The first-order chi connectivity index (χ1) is 12.7. The lowest BCUT2D eigenvalue weighted by Gasteiger charge is -2.31. The first-order valence-corrected chi connectivity index (χ1v) is 10.1. The van der Waals surface area contributed by atoms with Gasteiger partial charge in [-0.3, -0.25) is 9.69 Å². The molecule has 1 unspecified atom stereocenters. The highest BCUT2D eigenvalue weighted by molar-refractivity contribution is 5.99. The van der Waals surface area contributed by atoms with Crippen molar-refractivity contribution in [3.63, 3.8) is 0 Å². The van der Waals surface area contributed by atoms with E-state index >= 15 is 0 Å². The van der Waals surface area contributed by atoms with E-state index in [-0.39, 0.29) is 11.8 Å². The van der Waals surface area contributed by atoms with Crippen LogP contribution >= 0.6 is 0 Å². The van der Waals surface area contributed by atoms with E-state index < -0.39 is 0 Å². The topological polar surface area (TPSA) is 42.0 Å². The van der Waals surface area contributed by atoms with Crippen molar-refractivity contribution in [1.82, 2.24) is 9.80 Å². The fraction of sp³-hybridized carbons (Fsp3) is 0.667. The Bertz CT molecular complexity index is 549. The third-order valence-corrected chi connectivity index (χ3v) is 5.45. The number of likely N-dealkylation sites (tertiary alicyclic amines) is 1. The second-order valence-electron chi connectivity index (χ2n) is 7.32. The average molecular weight is 360 g/mol. The summed E-state index contributed by atoms with van der Waals surface area (Å²) in [6.07, 6.45) is 5.09. The Morgan fingerprint density at radius 1 is 1.08 bits per heavy atom. The van der Waals surface area contributed by atoms with Gasteiger partial charge in [0, 0.05) is 25.2 Å². The second kappa shape index (κ2) is 10.0. The largest absolute Gasteiger partial charge is 0.494 e. The molecule has 2 saturated heterocycles. The van der Waals surface area contributed by atoms with Crippen LogP contribution in [0.4, 0.5) is 0 Å². The molecule has 1 aromatic carbocycles. The van der Waals surface area contributed by atoms with Crippen LogP contribution in [0.2, 0.25) is 0 Å². The van der Waals surface area contributed by atoms with Crippen molar-refractivity contribution in [2.24, 2.45) is 0 Å². The van der Waals surface area contributed by atoms with E-state index in [1.54, 1.807) is 0 Å². The second-order valence-corrected chi connectivity index (χ2v) is 7.32. The number of ketones is 1. The maximum absolute atomic E-state index is 12.7. The number of piperidine rings is 1. The standard InChI is InChI=1S/C21H32N2O3/c1-18(23-13-16-25-17-14-23)21(24)19-6-8-20(9-7-19)26-15-5-12-22-10-3-2-4-11-22/h6-9,18H,2-5,10-17H2,1H3. The highest BCUT2D eigenvalue weighted by atomic mass is 16.5. The lowest BCUT2D eigenvalue weighted by Crippen LogP contribution is -2.45. The molecule has 0 radical (unpaired) electrons. The van der Waals surface area contributed by atoms with Crippen molar-refractivity contribution in [1.29, 1.82) is 0 Å². The van der Waals surface area contributed by atoms with Crippen LogP contribution in [0.15, 0.2) is 24.3 Å². The van der Waals surface area contributed by atoms with Gasteiger partial charge in [-0.15, -0.1) is 0 Å². The van der Waals surface area contributed by atoms with Crippen molar-refractivity contribution >= 4 is 5.78 Å². The SMILES string of the molecule is CC(C(=O)c1ccc(OCCCN2CCCCC2)cc1)N1CCOCC1. The molecule has 1 aromatic rings. The number of nitrogens with zero attached hydrogens (tertiary/aromatic N) is 2. The molecule has 2 heterocycles. The third kappa shape index (κ3) is 5.53. The first-order valence-electron chi connectivity index (χ1n) is 10.1. The molecule has 0 aromatic heterocycles. The molecule has 2 aliphatic rings. The van der Waals surface area contributed by atoms with Crippen molar-refractivity contribution in [2.45, 2.75) is 38.6 Å². The zero-order valence-corrected chi connectivity index (χ0v) is 16.0. The number of morpholine rings is 1. The van der Waals surface area contributed by atoms with Crippen LogP contribution in [-0.2, 0) is 4.74 Å².